The van der Waals surface area contributed by atoms with E-state index >= 15 is 0 Å². The van der Waals surface area contributed by atoms with E-state index in [1.54, 1.807) is 33.4 Å². The van der Waals surface area contributed by atoms with E-state index in [-0.39, 0.29) is 17.9 Å². The highest BCUT2D eigenvalue weighted by atomic mass is 16.5. The third kappa shape index (κ3) is 5.67. The maximum Gasteiger partial charge on any atom is 0.339 e. The summed E-state index contributed by atoms with van der Waals surface area (Å²) in [6, 6.07) is 9.36. The Labute approximate surface area is 206 Å². The highest BCUT2D eigenvalue weighted by Crippen LogP contribution is 2.39. The molecular weight excluding hydrogens is 448 g/mol. The van der Waals surface area contributed by atoms with Gasteiger partial charge in [-0.1, -0.05) is 0 Å². The molecule has 9 nitrogen and oxygen atoms in total. The van der Waals surface area contributed by atoms with Crippen molar-refractivity contribution in [3.05, 3.63) is 47.7 Å². The van der Waals surface area contributed by atoms with E-state index in [1.807, 2.05) is 29.2 Å². The molecule has 1 aromatic carbocycles. The molecule has 2 aliphatic heterocycles. The van der Waals surface area contributed by atoms with Gasteiger partial charge in [0.15, 0.2) is 0 Å². The van der Waals surface area contributed by atoms with Crippen LogP contribution in [0.3, 0.4) is 0 Å². The molecule has 0 aliphatic carbocycles. The number of rotatable bonds is 8. The fourth-order valence-corrected chi connectivity index (χ4v) is 4.81. The number of hydrogen-bond donors (Lipinski definition) is 0. The molecule has 2 aliphatic rings. The first-order valence-corrected chi connectivity index (χ1v) is 12.2. The molecule has 0 N–H and O–H groups in total. The van der Waals surface area contributed by atoms with Crippen LogP contribution in [0.2, 0.25) is 0 Å². The van der Waals surface area contributed by atoms with Crippen molar-refractivity contribution in [2.24, 2.45) is 0 Å². The summed E-state index contributed by atoms with van der Waals surface area (Å²) in [5.41, 5.74) is 1.45. The molecule has 9 heteroatoms. The molecule has 4 rings (SSSR count). The summed E-state index contributed by atoms with van der Waals surface area (Å²) in [7, 11) is 3.30. The molecule has 3 heterocycles. The van der Waals surface area contributed by atoms with Crippen molar-refractivity contribution < 1.29 is 23.8 Å². The highest BCUT2D eigenvalue weighted by molar-refractivity contribution is 5.89. The van der Waals surface area contributed by atoms with E-state index in [4.69, 9.17) is 14.2 Å². The van der Waals surface area contributed by atoms with Gasteiger partial charge in [-0.2, -0.15) is 0 Å². The van der Waals surface area contributed by atoms with Gasteiger partial charge in [0, 0.05) is 44.5 Å². The normalized spacial score (nSPS) is 18.4. The SMILES string of the molecule is CCOC(=O)c1ccc(N2CCN(CC(=O)N3CCCC3c3cc(OC)ccc3OC)CC2)nc1. The predicted octanol–water partition coefficient (Wildman–Crippen LogP) is 2.76. The summed E-state index contributed by atoms with van der Waals surface area (Å²) in [5, 5.41) is 0. The van der Waals surface area contributed by atoms with Crippen molar-refractivity contribution in [2.45, 2.75) is 25.8 Å². The molecule has 1 aromatic heterocycles. The van der Waals surface area contributed by atoms with Crippen LogP contribution in [-0.2, 0) is 9.53 Å². The number of pyridine rings is 1. The van der Waals surface area contributed by atoms with Crippen molar-refractivity contribution in [3.8, 4) is 11.5 Å². The first-order valence-electron chi connectivity index (χ1n) is 12.2. The average molecular weight is 483 g/mol. The number of anilines is 1. The van der Waals surface area contributed by atoms with Crippen LogP contribution in [0, 0.1) is 0 Å². The number of carbonyl (C=O) groups excluding carboxylic acids is 2. The fourth-order valence-electron chi connectivity index (χ4n) is 4.81. The zero-order valence-corrected chi connectivity index (χ0v) is 20.7. The summed E-state index contributed by atoms with van der Waals surface area (Å²) in [5.74, 6) is 2.16. The fraction of sp³-hybridized carbons (Fsp3) is 0.500. The van der Waals surface area contributed by atoms with Gasteiger partial charge >= 0.3 is 5.97 Å². The molecule has 2 fully saturated rings. The van der Waals surface area contributed by atoms with Crippen LogP contribution < -0.4 is 14.4 Å². The van der Waals surface area contributed by atoms with Gasteiger partial charge in [0.2, 0.25) is 5.91 Å². The van der Waals surface area contributed by atoms with Gasteiger partial charge in [-0.05, 0) is 50.1 Å². The molecule has 0 spiro atoms. The number of carbonyl (C=O) groups is 2. The van der Waals surface area contributed by atoms with Crippen LogP contribution in [0.4, 0.5) is 5.82 Å². The smallest absolute Gasteiger partial charge is 0.339 e. The summed E-state index contributed by atoms with van der Waals surface area (Å²) in [6.07, 6.45) is 3.44. The Bertz CT molecular complexity index is 1020. The molecule has 35 heavy (non-hydrogen) atoms. The number of aromatic nitrogens is 1. The molecule has 188 valence electrons. The van der Waals surface area contributed by atoms with Gasteiger partial charge in [0.05, 0.1) is 39.0 Å². The quantitative estimate of drug-likeness (QED) is 0.531. The zero-order chi connectivity index (χ0) is 24.8. The monoisotopic (exact) mass is 482 g/mol. The van der Waals surface area contributed by atoms with E-state index in [0.29, 0.717) is 18.7 Å². The zero-order valence-electron chi connectivity index (χ0n) is 20.7. The minimum absolute atomic E-state index is 0.00375. The summed E-state index contributed by atoms with van der Waals surface area (Å²) in [6.45, 7) is 6.35. The number of hydrogen-bond acceptors (Lipinski definition) is 8. The van der Waals surface area contributed by atoms with Crippen molar-refractivity contribution in [2.75, 3.05) is 65.0 Å². The minimum Gasteiger partial charge on any atom is -0.497 e. The topological polar surface area (TPSA) is 84.4 Å². The first kappa shape index (κ1) is 24.8. The molecule has 0 saturated carbocycles. The number of esters is 1. The van der Waals surface area contributed by atoms with Crippen molar-refractivity contribution in [1.82, 2.24) is 14.8 Å². The molecular formula is C26H34N4O5. The number of piperazine rings is 1. The lowest BCUT2D eigenvalue weighted by molar-refractivity contribution is -0.133. The average Bonchev–Trinajstić information content (AvgIpc) is 3.39. The Morgan fingerprint density at radius 2 is 1.83 bits per heavy atom. The largest absolute Gasteiger partial charge is 0.497 e. The molecule has 0 radical (unpaired) electrons. The second kappa shape index (κ2) is 11.4. The van der Waals surface area contributed by atoms with Crippen molar-refractivity contribution in [3.63, 3.8) is 0 Å². The Morgan fingerprint density at radius 3 is 2.49 bits per heavy atom. The molecule has 1 unspecified atom stereocenters. The third-order valence-electron chi connectivity index (χ3n) is 6.68. The number of amides is 1. The van der Waals surface area contributed by atoms with Gasteiger partial charge < -0.3 is 24.0 Å². The Morgan fingerprint density at radius 1 is 1.03 bits per heavy atom. The lowest BCUT2D eigenvalue weighted by atomic mass is 10.0. The number of benzene rings is 1. The van der Waals surface area contributed by atoms with E-state index in [0.717, 1.165) is 68.4 Å². The van der Waals surface area contributed by atoms with Crippen molar-refractivity contribution in [1.29, 1.82) is 0 Å². The maximum absolute atomic E-state index is 13.3. The second-order valence-corrected chi connectivity index (χ2v) is 8.74. The van der Waals surface area contributed by atoms with Crippen LogP contribution in [0.5, 0.6) is 11.5 Å². The van der Waals surface area contributed by atoms with Gasteiger partial charge in [0.25, 0.3) is 0 Å². The molecule has 1 amide bonds. The molecule has 0 bridgehead atoms. The van der Waals surface area contributed by atoms with Gasteiger partial charge in [-0.15, -0.1) is 0 Å². The molecule has 2 aromatic rings. The lowest BCUT2D eigenvalue weighted by Gasteiger charge is -2.36. The van der Waals surface area contributed by atoms with Crippen LogP contribution in [0.1, 0.15) is 41.7 Å². The summed E-state index contributed by atoms with van der Waals surface area (Å²) < 4.78 is 16.0. The van der Waals surface area contributed by atoms with Crippen molar-refractivity contribution >= 4 is 17.7 Å². The lowest BCUT2D eigenvalue weighted by Crippen LogP contribution is -2.50. The first-order chi connectivity index (χ1) is 17.0. The number of ether oxygens (including phenoxy) is 3. The maximum atomic E-state index is 13.3. The van der Waals surface area contributed by atoms with Crippen LogP contribution >= 0.6 is 0 Å². The number of likely N-dealkylation sites (tertiary alicyclic amines) is 1. The highest BCUT2D eigenvalue weighted by Gasteiger charge is 2.33. The van der Waals surface area contributed by atoms with Gasteiger partial charge in [-0.3, -0.25) is 9.69 Å². The number of nitrogens with zero attached hydrogens (tertiary/aromatic N) is 4. The Balaban J connectivity index is 1.34. The third-order valence-corrected chi connectivity index (χ3v) is 6.68. The van der Waals surface area contributed by atoms with Crippen LogP contribution in [-0.4, -0.2) is 86.8 Å². The summed E-state index contributed by atoms with van der Waals surface area (Å²) in [4.78, 5) is 35.9. The summed E-state index contributed by atoms with van der Waals surface area (Å²) >= 11 is 0. The van der Waals surface area contributed by atoms with E-state index in [1.165, 1.54) is 0 Å². The van der Waals surface area contributed by atoms with E-state index in [2.05, 4.69) is 14.8 Å². The Kier molecular flexibility index (Phi) is 8.07. The standard InChI is InChI=1S/C26H34N4O5/c1-4-35-26(32)19-7-10-24(27-17-19)29-14-12-28(13-15-29)18-25(31)30-11-5-6-22(30)21-16-20(33-2)8-9-23(21)34-3/h7-10,16-17,22H,4-6,11-15,18H2,1-3H3. The Hall–Kier alpha value is -3.33. The van der Waals surface area contributed by atoms with Crippen LogP contribution in [0.25, 0.3) is 0 Å². The van der Waals surface area contributed by atoms with Gasteiger partial charge in [0.1, 0.15) is 17.3 Å². The molecule has 2 saturated heterocycles. The second-order valence-electron chi connectivity index (χ2n) is 8.74. The minimum atomic E-state index is -0.360. The van der Waals surface area contributed by atoms with Gasteiger partial charge in [-0.25, -0.2) is 9.78 Å². The van der Waals surface area contributed by atoms with E-state index < -0.39 is 0 Å². The predicted molar refractivity (Wildman–Crippen MR) is 132 cm³/mol. The van der Waals surface area contributed by atoms with E-state index in [9.17, 15) is 9.59 Å². The van der Waals surface area contributed by atoms with Crippen LogP contribution in [0.15, 0.2) is 36.5 Å². The number of methoxy groups -OCH3 is 2. The molecule has 1 atom stereocenters.